The van der Waals surface area contributed by atoms with E-state index >= 15 is 0 Å². The number of aromatic amines is 1. The van der Waals surface area contributed by atoms with Crippen molar-refractivity contribution in [2.75, 3.05) is 0 Å². The molecule has 0 bridgehead atoms. The van der Waals surface area contributed by atoms with Gasteiger partial charge in [0.15, 0.2) is 0 Å². The Morgan fingerprint density at radius 1 is 1.12 bits per heavy atom. The first-order chi connectivity index (χ1) is 12.2. The summed E-state index contributed by atoms with van der Waals surface area (Å²) in [6.07, 6.45) is 0. The highest BCUT2D eigenvalue weighted by molar-refractivity contribution is 5.74. The smallest absolute Gasteiger partial charge is 0.146 e. The first-order valence-electron chi connectivity index (χ1n) is 7.04. The van der Waals surface area contributed by atoms with Gasteiger partial charge in [0.25, 0.3) is 0 Å². The Balaban J connectivity index is 0.000000728. The fourth-order valence-electron chi connectivity index (χ4n) is 1.94. The average Bonchev–Trinajstić information content (AvgIpc) is 3.08. The number of nitrogens with one attached hydrogen (secondary N) is 1. The number of benzene rings is 2. The number of aromatic nitrogens is 2. The lowest BCUT2D eigenvalue weighted by molar-refractivity contribution is 0.295. The molecule has 0 amide bonds. The molecule has 0 unspecified atom stereocenters. The van der Waals surface area contributed by atoms with E-state index in [1.54, 1.807) is 0 Å². The zero-order chi connectivity index (χ0) is 19.1. The molecule has 0 radical (unpaired) electrons. The standard InChI is InChI=1S/C15H14N2O.CH4N2.2CHN/c1-11-6-2-5-9-14(11)18-10-15-16-12-7-3-4-8-13(12)17-15;1-3-2;2*1-2/h2-9H,10H2,1H3,(H,16,17);1-2H2;2*1H. The van der Waals surface area contributed by atoms with Gasteiger partial charge in [-0.2, -0.15) is 5.10 Å². The SMILES string of the molecule is C#N.C#N.C=NN.Cc1ccccc1OCc1nc2ccccc2[nH]1. The number of para-hydroxylation sites is 3. The van der Waals surface area contributed by atoms with E-state index in [0.717, 1.165) is 28.2 Å². The predicted octanol–water partition coefficient (Wildman–Crippen LogP) is 3.29. The van der Waals surface area contributed by atoms with Crippen LogP contribution in [-0.2, 0) is 6.61 Å². The number of hydrogen-bond acceptors (Lipinski definition) is 6. The molecule has 0 aliphatic carbocycles. The minimum atomic E-state index is 0.458. The lowest BCUT2D eigenvalue weighted by atomic mass is 10.2. The first-order valence-corrected chi connectivity index (χ1v) is 7.04. The molecule has 2 aromatic carbocycles. The van der Waals surface area contributed by atoms with Crippen LogP contribution in [0, 0.1) is 30.6 Å². The van der Waals surface area contributed by atoms with Crippen molar-refractivity contribution in [3.8, 4) is 18.9 Å². The summed E-state index contributed by atoms with van der Waals surface area (Å²) in [5.41, 5.74) is 3.15. The third kappa shape index (κ3) is 6.85. The monoisotopic (exact) mass is 336 g/mol. The quantitative estimate of drug-likeness (QED) is 0.431. The normalized spacial score (nSPS) is 8.36. The zero-order valence-electron chi connectivity index (χ0n) is 14.0. The molecule has 25 heavy (non-hydrogen) atoms. The molecule has 0 atom stereocenters. The van der Waals surface area contributed by atoms with Gasteiger partial charge in [0.2, 0.25) is 0 Å². The molecule has 1 aromatic heterocycles. The number of imidazole rings is 1. The Kier molecular flexibility index (Phi) is 10.7. The number of H-pyrrole nitrogens is 1. The number of rotatable bonds is 3. The molecule has 7 heteroatoms. The van der Waals surface area contributed by atoms with E-state index in [0.29, 0.717) is 6.61 Å². The fourth-order valence-corrected chi connectivity index (χ4v) is 1.94. The Morgan fingerprint density at radius 2 is 1.68 bits per heavy atom. The number of ether oxygens (including phenoxy) is 1. The van der Waals surface area contributed by atoms with Gasteiger partial charge in [-0.1, -0.05) is 30.3 Å². The van der Waals surface area contributed by atoms with Crippen molar-refractivity contribution in [3.05, 3.63) is 59.9 Å². The summed E-state index contributed by atoms with van der Waals surface area (Å²) in [6.45, 7) is 12.4. The van der Waals surface area contributed by atoms with Crippen LogP contribution < -0.4 is 10.6 Å². The van der Waals surface area contributed by atoms with Crippen LogP contribution in [0.2, 0.25) is 0 Å². The van der Waals surface area contributed by atoms with Gasteiger partial charge >= 0.3 is 0 Å². The molecule has 0 aliphatic heterocycles. The highest BCUT2D eigenvalue weighted by atomic mass is 16.5. The van der Waals surface area contributed by atoms with E-state index in [-0.39, 0.29) is 0 Å². The molecule has 0 aliphatic rings. The van der Waals surface area contributed by atoms with Gasteiger partial charge in [0.05, 0.1) is 11.0 Å². The van der Waals surface area contributed by atoms with Crippen LogP contribution in [0.5, 0.6) is 5.75 Å². The number of hydrogen-bond donors (Lipinski definition) is 2. The van der Waals surface area contributed by atoms with Crippen molar-refractivity contribution in [1.29, 1.82) is 10.5 Å². The second-order valence-electron chi connectivity index (χ2n) is 4.44. The Labute approximate surface area is 147 Å². The summed E-state index contributed by atoms with van der Waals surface area (Å²) < 4.78 is 5.76. The van der Waals surface area contributed by atoms with E-state index < -0.39 is 0 Å². The van der Waals surface area contributed by atoms with Crippen molar-refractivity contribution in [1.82, 2.24) is 9.97 Å². The number of aryl methyl sites for hydroxylation is 1. The molecule has 7 nitrogen and oxygen atoms in total. The highest BCUT2D eigenvalue weighted by Crippen LogP contribution is 2.18. The van der Waals surface area contributed by atoms with Gasteiger partial charge < -0.3 is 15.6 Å². The maximum absolute atomic E-state index is 6.50. The molecular formula is C18H20N6O. The minimum Gasteiger partial charge on any atom is -0.485 e. The van der Waals surface area contributed by atoms with Crippen LogP contribution in [0.25, 0.3) is 11.0 Å². The Morgan fingerprint density at radius 3 is 2.28 bits per heavy atom. The summed E-state index contributed by atoms with van der Waals surface area (Å²) in [4.78, 5) is 7.73. The van der Waals surface area contributed by atoms with E-state index in [1.165, 1.54) is 0 Å². The second-order valence-corrected chi connectivity index (χ2v) is 4.44. The van der Waals surface area contributed by atoms with Crippen molar-refractivity contribution in [2.24, 2.45) is 10.9 Å². The zero-order valence-corrected chi connectivity index (χ0v) is 14.0. The fraction of sp³-hybridized carbons (Fsp3) is 0.111. The summed E-state index contributed by atoms with van der Waals surface area (Å²) in [5, 5.41) is 15.8. The van der Waals surface area contributed by atoms with Gasteiger partial charge in [0.1, 0.15) is 18.2 Å². The molecule has 0 saturated carbocycles. The number of nitrogens with two attached hydrogens (primary N) is 1. The molecule has 128 valence electrons. The number of nitrogens with zero attached hydrogens (tertiary/aromatic N) is 4. The lowest BCUT2D eigenvalue weighted by Crippen LogP contribution is -1.98. The summed E-state index contributed by atoms with van der Waals surface area (Å²) >= 11 is 0. The summed E-state index contributed by atoms with van der Waals surface area (Å²) in [6, 6.07) is 16.0. The largest absolute Gasteiger partial charge is 0.485 e. The van der Waals surface area contributed by atoms with Gasteiger partial charge in [-0.25, -0.2) is 15.5 Å². The molecule has 3 aromatic rings. The molecule has 3 N–H and O–H groups in total. The van der Waals surface area contributed by atoms with Crippen LogP contribution in [0.1, 0.15) is 11.4 Å². The summed E-state index contributed by atoms with van der Waals surface area (Å²) in [5.74, 6) is 6.11. The third-order valence-corrected chi connectivity index (χ3v) is 2.90. The molecular weight excluding hydrogens is 316 g/mol. The van der Waals surface area contributed by atoms with Crippen LogP contribution in [-0.4, -0.2) is 16.7 Å². The van der Waals surface area contributed by atoms with E-state index in [4.69, 9.17) is 15.3 Å². The van der Waals surface area contributed by atoms with Gasteiger partial charge in [-0.05, 0) is 30.7 Å². The van der Waals surface area contributed by atoms with Crippen molar-refractivity contribution in [2.45, 2.75) is 13.5 Å². The molecule has 0 spiro atoms. The third-order valence-electron chi connectivity index (χ3n) is 2.90. The van der Waals surface area contributed by atoms with Crippen LogP contribution in [0.4, 0.5) is 0 Å². The van der Waals surface area contributed by atoms with E-state index in [2.05, 4.69) is 40.8 Å². The number of fused-ring (bicyclic) bond motifs is 1. The highest BCUT2D eigenvalue weighted by Gasteiger charge is 2.03. The maximum Gasteiger partial charge on any atom is 0.146 e. The molecule has 0 saturated heterocycles. The van der Waals surface area contributed by atoms with Crippen molar-refractivity contribution < 1.29 is 4.74 Å². The lowest BCUT2D eigenvalue weighted by Gasteiger charge is -2.06. The van der Waals surface area contributed by atoms with Crippen molar-refractivity contribution >= 4 is 17.8 Å². The van der Waals surface area contributed by atoms with E-state index in [9.17, 15) is 0 Å². The predicted molar refractivity (Wildman–Crippen MR) is 98.7 cm³/mol. The van der Waals surface area contributed by atoms with E-state index in [1.807, 2.05) is 55.5 Å². The second kappa shape index (κ2) is 12.7. The number of hydrazone groups is 1. The minimum absolute atomic E-state index is 0.458. The van der Waals surface area contributed by atoms with Gasteiger partial charge in [-0.3, -0.25) is 0 Å². The average molecular weight is 336 g/mol. The maximum atomic E-state index is 6.50. The Hall–Kier alpha value is -3.84. The first kappa shape index (κ1) is 21.2. The molecule has 0 fully saturated rings. The van der Waals surface area contributed by atoms with Gasteiger partial charge in [0, 0.05) is 19.9 Å². The molecule has 1 heterocycles. The summed E-state index contributed by atoms with van der Waals surface area (Å²) in [7, 11) is 0. The van der Waals surface area contributed by atoms with Crippen molar-refractivity contribution in [3.63, 3.8) is 0 Å². The van der Waals surface area contributed by atoms with Gasteiger partial charge in [-0.15, -0.1) is 0 Å². The van der Waals surface area contributed by atoms with Crippen LogP contribution in [0.15, 0.2) is 53.6 Å². The molecule has 3 rings (SSSR count). The van der Waals surface area contributed by atoms with Crippen LogP contribution >= 0.6 is 0 Å². The van der Waals surface area contributed by atoms with Crippen LogP contribution in [0.3, 0.4) is 0 Å². The number of nitriles is 2. The Bertz CT molecular complexity index is 767. The topological polar surface area (TPSA) is 124 Å².